The number of hydrogen-bond acceptors (Lipinski definition) is 7. The third-order valence-corrected chi connectivity index (χ3v) is 8.86. The highest BCUT2D eigenvalue weighted by Crippen LogP contribution is 2.38. The van der Waals surface area contributed by atoms with Gasteiger partial charge in [-0.05, 0) is 51.4 Å². The zero-order valence-electron chi connectivity index (χ0n) is 32.1. The van der Waals surface area contributed by atoms with Crippen molar-refractivity contribution < 1.29 is 37.3 Å². The summed E-state index contributed by atoms with van der Waals surface area (Å²) in [6, 6.07) is 0. The van der Waals surface area contributed by atoms with Crippen molar-refractivity contribution >= 4 is 13.8 Å². The molecule has 2 atom stereocenters. The summed E-state index contributed by atoms with van der Waals surface area (Å²) in [7, 11) is 1.34. The fourth-order valence-electron chi connectivity index (χ4n) is 4.89. The maximum atomic E-state index is 12.3. The van der Waals surface area contributed by atoms with Gasteiger partial charge in [0.2, 0.25) is 0 Å². The van der Waals surface area contributed by atoms with E-state index in [9.17, 15) is 14.3 Å². The largest absolute Gasteiger partial charge is 0.756 e. The molecule has 0 heterocycles. The number of likely N-dealkylation sites (N-methyl/N-ethyl adjacent to an activating group) is 1. The molecule has 0 aromatic carbocycles. The zero-order chi connectivity index (χ0) is 36.3. The number of carbonyl (C=O) groups is 1. The van der Waals surface area contributed by atoms with Gasteiger partial charge >= 0.3 is 5.97 Å². The average Bonchev–Trinajstić information content (AvgIpc) is 3.04. The van der Waals surface area contributed by atoms with Crippen LogP contribution in [-0.4, -0.2) is 70.7 Å². The Kier molecular flexibility index (Phi) is 32.5. The van der Waals surface area contributed by atoms with Crippen molar-refractivity contribution in [1.29, 1.82) is 0 Å². The molecule has 49 heavy (non-hydrogen) atoms. The summed E-state index contributed by atoms with van der Waals surface area (Å²) in [5.41, 5.74) is 0. The summed E-state index contributed by atoms with van der Waals surface area (Å²) in [4.78, 5) is 24.5. The third kappa shape index (κ3) is 37.5. The predicted octanol–water partition coefficient (Wildman–Crippen LogP) is 10.2. The molecule has 0 bridgehead atoms. The number of ether oxygens (including phenoxy) is 2. The van der Waals surface area contributed by atoms with Crippen LogP contribution in [0.25, 0.3) is 0 Å². The number of esters is 1. The minimum atomic E-state index is -4.50. The molecule has 0 rings (SSSR count). The number of carbonyl (C=O) groups excluding carboxylic acids is 1. The lowest BCUT2D eigenvalue weighted by Gasteiger charge is -2.28. The van der Waals surface area contributed by atoms with Crippen molar-refractivity contribution in [2.75, 3.05) is 54.1 Å². The molecule has 0 aromatic rings. The Hall–Kier alpha value is -1.54. The Balaban J connectivity index is 3.89. The smallest absolute Gasteiger partial charge is 0.306 e. The zero-order valence-corrected chi connectivity index (χ0v) is 33.0. The second-order valence-electron chi connectivity index (χ2n) is 13.9. The minimum Gasteiger partial charge on any atom is -0.756 e. The van der Waals surface area contributed by atoms with Crippen LogP contribution < -0.4 is 4.89 Å². The average molecular weight is 712 g/mol. The summed E-state index contributed by atoms with van der Waals surface area (Å²) in [6.07, 6.45) is 39.2. The Morgan fingerprint density at radius 1 is 0.653 bits per heavy atom. The highest BCUT2D eigenvalue weighted by molar-refractivity contribution is 7.45. The Bertz CT molecular complexity index is 926. The third-order valence-electron chi connectivity index (χ3n) is 7.89. The molecule has 2 unspecified atom stereocenters. The van der Waals surface area contributed by atoms with Crippen LogP contribution in [0.3, 0.4) is 0 Å². The lowest BCUT2D eigenvalue weighted by atomic mass is 10.1. The van der Waals surface area contributed by atoms with Gasteiger partial charge < -0.3 is 27.9 Å². The number of quaternary nitrogens is 1. The van der Waals surface area contributed by atoms with Crippen molar-refractivity contribution in [2.45, 2.75) is 148 Å². The van der Waals surface area contributed by atoms with Gasteiger partial charge in [-0.25, -0.2) is 0 Å². The summed E-state index contributed by atoms with van der Waals surface area (Å²) in [6.45, 7) is 5.10. The Morgan fingerprint density at radius 2 is 1.18 bits per heavy atom. The number of rotatable bonds is 35. The van der Waals surface area contributed by atoms with Gasteiger partial charge in [-0.1, -0.05) is 133 Å². The van der Waals surface area contributed by atoms with Gasteiger partial charge in [0.15, 0.2) is 0 Å². The van der Waals surface area contributed by atoms with E-state index in [-0.39, 0.29) is 25.8 Å². The second-order valence-corrected chi connectivity index (χ2v) is 15.3. The second kappa shape index (κ2) is 33.6. The predicted molar refractivity (Wildman–Crippen MR) is 203 cm³/mol. The molecule has 0 N–H and O–H groups in total. The molecule has 0 aliphatic rings. The molecule has 8 nitrogen and oxygen atoms in total. The van der Waals surface area contributed by atoms with Crippen LogP contribution >= 0.6 is 7.82 Å². The number of allylic oxidation sites excluding steroid dienone is 8. The molecule has 0 amide bonds. The van der Waals surface area contributed by atoms with E-state index in [4.69, 9.17) is 18.5 Å². The van der Waals surface area contributed by atoms with E-state index in [1.165, 1.54) is 64.2 Å². The molecular formula is C40H74NO7P. The van der Waals surface area contributed by atoms with Gasteiger partial charge in [-0.2, -0.15) is 0 Å². The molecule has 286 valence electrons. The molecule has 0 spiro atoms. The van der Waals surface area contributed by atoms with E-state index in [0.717, 1.165) is 57.8 Å². The van der Waals surface area contributed by atoms with Crippen LogP contribution in [0.1, 0.15) is 142 Å². The molecule has 0 aromatic heterocycles. The van der Waals surface area contributed by atoms with Crippen molar-refractivity contribution in [1.82, 2.24) is 0 Å². The van der Waals surface area contributed by atoms with Gasteiger partial charge in [-0.15, -0.1) is 0 Å². The molecule has 0 saturated heterocycles. The molecule has 0 radical (unpaired) electrons. The SMILES string of the molecule is CC/C=C\C/C=C\C/C=C\C/C=C\CCCCCCCCCCCCCOCC(COP(=O)([O-])OCC[N+](C)(C)C)OC(=O)CCCCC. The number of hydrogen-bond donors (Lipinski definition) is 0. The van der Waals surface area contributed by atoms with Crippen LogP contribution in [0, 0.1) is 0 Å². The van der Waals surface area contributed by atoms with E-state index in [2.05, 4.69) is 62.5 Å². The number of phosphoric acid groups is 1. The minimum absolute atomic E-state index is 0.0238. The molecule has 0 fully saturated rings. The van der Waals surface area contributed by atoms with Crippen LogP contribution in [0.15, 0.2) is 48.6 Å². The number of phosphoric ester groups is 1. The van der Waals surface area contributed by atoms with Crippen LogP contribution in [0.5, 0.6) is 0 Å². The number of nitrogens with zero attached hydrogens (tertiary/aromatic N) is 1. The van der Waals surface area contributed by atoms with Gasteiger partial charge in [-0.3, -0.25) is 9.36 Å². The molecule has 0 aliphatic heterocycles. The number of unbranched alkanes of at least 4 members (excludes halogenated alkanes) is 13. The Labute approximate surface area is 301 Å². The maximum absolute atomic E-state index is 12.3. The van der Waals surface area contributed by atoms with Gasteiger partial charge in [0.1, 0.15) is 19.3 Å². The summed E-state index contributed by atoms with van der Waals surface area (Å²) >= 11 is 0. The van der Waals surface area contributed by atoms with E-state index >= 15 is 0 Å². The van der Waals surface area contributed by atoms with E-state index < -0.39 is 13.9 Å². The van der Waals surface area contributed by atoms with Crippen molar-refractivity contribution in [3.05, 3.63) is 48.6 Å². The van der Waals surface area contributed by atoms with Crippen LogP contribution in [0.4, 0.5) is 0 Å². The standard InChI is InChI=1S/C40H74NO7P/c1-6-8-10-11-12-13-14-15-16-17-18-19-20-21-22-23-24-25-26-27-28-29-30-32-35-45-37-39(48-40(42)33-31-9-7-2)38-47-49(43,44)46-36-34-41(3,4)5/h8,10,12-13,15-16,18-19,39H,6-7,9,11,14,17,20-38H2,1-5H3/b10-8-,13-12-,16-15-,19-18-. The lowest BCUT2D eigenvalue weighted by molar-refractivity contribution is -0.870. The highest BCUT2D eigenvalue weighted by Gasteiger charge is 2.20. The first-order valence-corrected chi connectivity index (χ1v) is 20.8. The van der Waals surface area contributed by atoms with E-state index in [1.54, 1.807) is 0 Å². The monoisotopic (exact) mass is 712 g/mol. The van der Waals surface area contributed by atoms with E-state index in [1.807, 2.05) is 21.1 Å². The van der Waals surface area contributed by atoms with Crippen molar-refractivity contribution in [3.63, 3.8) is 0 Å². The van der Waals surface area contributed by atoms with Crippen molar-refractivity contribution in [3.8, 4) is 0 Å². The molecule has 0 aliphatic carbocycles. The van der Waals surface area contributed by atoms with Gasteiger partial charge in [0, 0.05) is 13.0 Å². The van der Waals surface area contributed by atoms with E-state index in [0.29, 0.717) is 24.1 Å². The summed E-state index contributed by atoms with van der Waals surface area (Å²) in [5.74, 6) is -0.362. The normalized spacial score (nSPS) is 14.5. The topological polar surface area (TPSA) is 94.1 Å². The summed E-state index contributed by atoms with van der Waals surface area (Å²) < 4.78 is 34.0. The molecule has 9 heteroatoms. The molecular weight excluding hydrogens is 637 g/mol. The fourth-order valence-corrected chi connectivity index (χ4v) is 5.62. The van der Waals surface area contributed by atoms with Gasteiger partial charge in [0.05, 0.1) is 34.4 Å². The highest BCUT2D eigenvalue weighted by atomic mass is 31.2. The quantitative estimate of drug-likeness (QED) is 0.0212. The lowest BCUT2D eigenvalue weighted by Crippen LogP contribution is -2.37. The first-order chi connectivity index (χ1) is 23.6. The first kappa shape index (κ1) is 47.5. The maximum Gasteiger partial charge on any atom is 0.306 e. The molecule has 0 saturated carbocycles. The Morgan fingerprint density at radius 3 is 1.73 bits per heavy atom. The van der Waals surface area contributed by atoms with Gasteiger partial charge in [0.25, 0.3) is 7.82 Å². The van der Waals surface area contributed by atoms with Crippen LogP contribution in [0.2, 0.25) is 0 Å². The summed E-state index contributed by atoms with van der Waals surface area (Å²) in [5, 5.41) is 0. The van der Waals surface area contributed by atoms with Crippen LogP contribution in [-0.2, 0) is 27.9 Å². The first-order valence-electron chi connectivity index (χ1n) is 19.4. The fraction of sp³-hybridized carbons (Fsp3) is 0.775. The van der Waals surface area contributed by atoms with Crippen molar-refractivity contribution in [2.24, 2.45) is 0 Å².